The first kappa shape index (κ1) is 18.0. The molecule has 0 radical (unpaired) electrons. The highest BCUT2D eigenvalue weighted by atomic mass is 79.9. The summed E-state index contributed by atoms with van der Waals surface area (Å²) in [5.41, 5.74) is 8.15. The van der Waals surface area contributed by atoms with Gasteiger partial charge in [-0.05, 0) is 45.8 Å². The molecule has 23 heavy (non-hydrogen) atoms. The molecule has 0 heterocycles. The van der Waals surface area contributed by atoms with Gasteiger partial charge in [-0.2, -0.15) is 0 Å². The SMILES string of the molecule is COc1ccc(CN(SC)C(=N)c2c(Cl)ccc(Br)c2N)cc1. The molecule has 0 aliphatic heterocycles. The number of benzene rings is 2. The number of nitrogens with zero attached hydrogens (tertiary/aromatic N) is 1. The van der Waals surface area contributed by atoms with Crippen LogP contribution in [0.4, 0.5) is 5.69 Å². The van der Waals surface area contributed by atoms with Gasteiger partial charge in [-0.25, -0.2) is 0 Å². The molecule has 0 aliphatic carbocycles. The number of hydrogen-bond donors (Lipinski definition) is 2. The molecule has 0 fully saturated rings. The van der Waals surface area contributed by atoms with Crippen molar-refractivity contribution < 1.29 is 4.74 Å². The van der Waals surface area contributed by atoms with Gasteiger partial charge in [0.05, 0.1) is 29.9 Å². The van der Waals surface area contributed by atoms with E-state index in [1.165, 1.54) is 11.9 Å². The zero-order valence-electron chi connectivity index (χ0n) is 12.8. The monoisotopic (exact) mass is 413 g/mol. The van der Waals surface area contributed by atoms with E-state index in [-0.39, 0.29) is 5.84 Å². The molecule has 0 saturated carbocycles. The van der Waals surface area contributed by atoms with Crippen molar-refractivity contribution in [3.63, 3.8) is 0 Å². The molecule has 0 atom stereocenters. The van der Waals surface area contributed by atoms with Crippen LogP contribution in [0.5, 0.6) is 5.75 Å². The van der Waals surface area contributed by atoms with Crippen LogP contribution >= 0.6 is 39.5 Å². The fourth-order valence-electron chi connectivity index (χ4n) is 2.06. The Hall–Kier alpha value is -1.37. The molecule has 0 amide bonds. The van der Waals surface area contributed by atoms with Crippen molar-refractivity contribution in [2.45, 2.75) is 6.54 Å². The molecule has 2 aromatic carbocycles. The minimum absolute atomic E-state index is 0.275. The summed E-state index contributed by atoms with van der Waals surface area (Å²) in [5, 5.41) is 8.95. The highest BCUT2D eigenvalue weighted by Crippen LogP contribution is 2.32. The van der Waals surface area contributed by atoms with Crippen LogP contribution in [0.25, 0.3) is 0 Å². The highest BCUT2D eigenvalue weighted by molar-refractivity contribution is 9.10. The van der Waals surface area contributed by atoms with Gasteiger partial charge >= 0.3 is 0 Å². The Bertz CT molecular complexity index is 709. The van der Waals surface area contributed by atoms with E-state index in [0.29, 0.717) is 22.8 Å². The maximum Gasteiger partial charge on any atom is 0.142 e. The number of nitrogens with one attached hydrogen (secondary N) is 1. The molecule has 0 bridgehead atoms. The van der Waals surface area contributed by atoms with Crippen LogP contribution in [0, 0.1) is 5.41 Å². The van der Waals surface area contributed by atoms with Gasteiger partial charge in [-0.3, -0.25) is 9.71 Å². The molecule has 0 saturated heterocycles. The van der Waals surface area contributed by atoms with Crippen molar-refractivity contribution in [3.05, 3.63) is 57.0 Å². The highest BCUT2D eigenvalue weighted by Gasteiger charge is 2.19. The summed E-state index contributed by atoms with van der Waals surface area (Å²) in [6, 6.07) is 11.3. The Balaban J connectivity index is 2.26. The normalized spacial score (nSPS) is 10.4. The summed E-state index contributed by atoms with van der Waals surface area (Å²) < 4.78 is 7.73. The quantitative estimate of drug-likeness (QED) is 0.319. The van der Waals surface area contributed by atoms with E-state index in [0.717, 1.165) is 15.8 Å². The second-order valence-corrected chi connectivity index (χ2v) is 6.80. The molecule has 0 unspecified atom stereocenters. The molecule has 0 aliphatic rings. The number of ether oxygens (including phenoxy) is 1. The molecule has 4 nitrogen and oxygen atoms in total. The lowest BCUT2D eigenvalue weighted by Gasteiger charge is -2.24. The summed E-state index contributed by atoms with van der Waals surface area (Å²) >= 11 is 11.1. The number of anilines is 1. The number of hydrogen-bond acceptors (Lipinski definition) is 4. The molecule has 2 rings (SSSR count). The summed E-state index contributed by atoms with van der Waals surface area (Å²) in [6.45, 7) is 0.562. The van der Waals surface area contributed by atoms with E-state index >= 15 is 0 Å². The number of methoxy groups -OCH3 is 1. The third-order valence-corrected chi connectivity index (χ3v) is 5.09. The largest absolute Gasteiger partial charge is 0.497 e. The van der Waals surface area contributed by atoms with Crippen molar-refractivity contribution in [2.75, 3.05) is 19.1 Å². The molecule has 3 N–H and O–H groups in total. The van der Waals surface area contributed by atoms with E-state index in [1.54, 1.807) is 19.2 Å². The predicted octanol–water partition coefficient (Wildman–Crippen LogP) is 4.80. The first-order valence-electron chi connectivity index (χ1n) is 6.75. The van der Waals surface area contributed by atoms with Crippen molar-refractivity contribution in [2.24, 2.45) is 0 Å². The van der Waals surface area contributed by atoms with Crippen LogP contribution in [-0.4, -0.2) is 23.5 Å². The van der Waals surface area contributed by atoms with Gasteiger partial charge < -0.3 is 10.5 Å². The smallest absolute Gasteiger partial charge is 0.142 e. The maximum absolute atomic E-state index is 8.49. The number of nitrogen functional groups attached to an aromatic ring is 1. The number of rotatable bonds is 5. The Morgan fingerprint density at radius 3 is 2.52 bits per heavy atom. The minimum atomic E-state index is 0.275. The second kappa shape index (κ2) is 7.95. The van der Waals surface area contributed by atoms with E-state index in [1.807, 2.05) is 34.8 Å². The lowest BCUT2D eigenvalue weighted by atomic mass is 10.1. The van der Waals surface area contributed by atoms with Gasteiger partial charge in [-0.15, -0.1) is 0 Å². The van der Waals surface area contributed by atoms with Crippen LogP contribution in [0.15, 0.2) is 40.9 Å². The molecule has 2 aromatic rings. The predicted molar refractivity (Wildman–Crippen MR) is 102 cm³/mol. The van der Waals surface area contributed by atoms with Gasteiger partial charge in [-0.1, -0.05) is 35.7 Å². The first-order valence-corrected chi connectivity index (χ1v) is 9.10. The second-order valence-electron chi connectivity index (χ2n) is 4.73. The van der Waals surface area contributed by atoms with Crippen molar-refractivity contribution in [3.8, 4) is 5.75 Å². The Morgan fingerprint density at radius 1 is 1.30 bits per heavy atom. The Kier molecular flexibility index (Phi) is 6.21. The number of amidine groups is 1. The van der Waals surface area contributed by atoms with E-state index in [4.69, 9.17) is 27.5 Å². The van der Waals surface area contributed by atoms with Crippen LogP contribution in [-0.2, 0) is 6.54 Å². The molecular weight excluding hydrogens is 398 g/mol. The molecule has 7 heteroatoms. The maximum atomic E-state index is 8.49. The number of nitrogens with two attached hydrogens (primary N) is 1. The van der Waals surface area contributed by atoms with E-state index in [9.17, 15) is 0 Å². The molecule has 122 valence electrons. The average molecular weight is 415 g/mol. The van der Waals surface area contributed by atoms with Gasteiger partial charge in [0.15, 0.2) is 0 Å². The van der Waals surface area contributed by atoms with Crippen molar-refractivity contribution in [1.82, 2.24) is 4.31 Å². The van der Waals surface area contributed by atoms with Gasteiger partial charge in [0.2, 0.25) is 0 Å². The van der Waals surface area contributed by atoms with E-state index in [2.05, 4.69) is 15.9 Å². The van der Waals surface area contributed by atoms with Crippen LogP contribution < -0.4 is 10.5 Å². The fourth-order valence-corrected chi connectivity index (χ4v) is 3.20. The van der Waals surface area contributed by atoms with Crippen LogP contribution in [0.2, 0.25) is 5.02 Å². The number of halogens is 2. The topological polar surface area (TPSA) is 62.3 Å². The Morgan fingerprint density at radius 2 is 1.96 bits per heavy atom. The molecular formula is C16H17BrClN3OS. The van der Waals surface area contributed by atoms with Crippen LogP contribution in [0.1, 0.15) is 11.1 Å². The lowest BCUT2D eigenvalue weighted by Crippen LogP contribution is -2.25. The molecule has 0 aromatic heterocycles. The Labute approximate surface area is 153 Å². The van der Waals surface area contributed by atoms with Crippen LogP contribution in [0.3, 0.4) is 0 Å². The summed E-state index contributed by atoms with van der Waals surface area (Å²) in [5.74, 6) is 1.08. The summed E-state index contributed by atoms with van der Waals surface area (Å²) in [7, 11) is 1.64. The fraction of sp³-hybridized carbons (Fsp3) is 0.188. The average Bonchev–Trinajstić information content (AvgIpc) is 2.56. The zero-order valence-corrected chi connectivity index (χ0v) is 15.9. The van der Waals surface area contributed by atoms with E-state index < -0.39 is 0 Å². The lowest BCUT2D eigenvalue weighted by molar-refractivity contribution is 0.414. The summed E-state index contributed by atoms with van der Waals surface area (Å²) in [4.78, 5) is 0. The summed E-state index contributed by atoms with van der Waals surface area (Å²) in [6.07, 6.45) is 1.92. The van der Waals surface area contributed by atoms with Crippen molar-refractivity contribution >= 4 is 51.0 Å². The first-order chi connectivity index (χ1) is 11.0. The zero-order chi connectivity index (χ0) is 17.0. The van der Waals surface area contributed by atoms with Gasteiger partial charge in [0.1, 0.15) is 11.6 Å². The van der Waals surface area contributed by atoms with Gasteiger partial charge in [0, 0.05) is 10.7 Å². The van der Waals surface area contributed by atoms with Gasteiger partial charge in [0.25, 0.3) is 0 Å². The van der Waals surface area contributed by atoms with Crippen molar-refractivity contribution in [1.29, 1.82) is 5.41 Å². The minimum Gasteiger partial charge on any atom is -0.497 e. The third-order valence-electron chi connectivity index (χ3n) is 3.33. The standard InChI is InChI=1S/C16H17BrClN3OS/c1-22-11-5-3-10(4-6-11)9-21(23-2)16(20)14-13(18)8-7-12(17)15(14)19/h3-8,20H,9,19H2,1-2H3. The third kappa shape index (κ3) is 4.13. The molecule has 0 spiro atoms.